The number of aryl methyl sites for hydroxylation is 1. The van der Waals surface area contributed by atoms with E-state index in [9.17, 15) is 4.79 Å². The van der Waals surface area contributed by atoms with Crippen LogP contribution in [-0.4, -0.2) is 5.78 Å². The smallest absolute Gasteiger partial charge is 0.137 e. The SMILES string of the molecule is CC(C)=C[C@H]1[C@H](C(=O)CCc2cccc(Oc3ccccc3)c2)C1(C)C. The normalized spacial score (nSPS) is 20.3. The third-order valence-electron chi connectivity index (χ3n) is 5.31. The Morgan fingerprint density at radius 1 is 1.04 bits per heavy atom. The van der Waals surface area contributed by atoms with E-state index in [1.807, 2.05) is 48.5 Å². The third kappa shape index (κ3) is 4.24. The molecule has 2 aromatic rings. The summed E-state index contributed by atoms with van der Waals surface area (Å²) in [5.74, 6) is 2.58. The first-order valence-electron chi connectivity index (χ1n) is 9.37. The minimum Gasteiger partial charge on any atom is -0.457 e. The van der Waals surface area contributed by atoms with Gasteiger partial charge in [0.25, 0.3) is 0 Å². The largest absolute Gasteiger partial charge is 0.457 e. The summed E-state index contributed by atoms with van der Waals surface area (Å²) in [6.45, 7) is 8.62. The molecule has 3 rings (SSSR count). The van der Waals surface area contributed by atoms with Gasteiger partial charge in [0, 0.05) is 12.3 Å². The molecule has 0 heterocycles. The van der Waals surface area contributed by atoms with E-state index in [1.165, 1.54) is 5.57 Å². The average molecular weight is 348 g/mol. The maximum absolute atomic E-state index is 12.7. The Kier molecular flexibility index (Phi) is 5.31. The standard InChI is InChI=1S/C24H28O2/c1-17(2)15-21-23(24(21,3)4)22(25)14-13-18-9-8-12-20(16-18)26-19-10-6-5-7-11-19/h5-12,15-16,21,23H,13-14H2,1-4H3/t21-,23+/m0/s1. The van der Waals surface area contributed by atoms with Gasteiger partial charge in [-0.15, -0.1) is 0 Å². The van der Waals surface area contributed by atoms with E-state index in [2.05, 4.69) is 39.8 Å². The zero-order chi connectivity index (χ0) is 18.7. The molecule has 2 aromatic carbocycles. The molecule has 1 aliphatic carbocycles. The van der Waals surface area contributed by atoms with Gasteiger partial charge in [-0.05, 0) is 61.4 Å². The van der Waals surface area contributed by atoms with Crippen molar-refractivity contribution < 1.29 is 9.53 Å². The Morgan fingerprint density at radius 3 is 2.42 bits per heavy atom. The first-order valence-corrected chi connectivity index (χ1v) is 9.37. The van der Waals surface area contributed by atoms with Crippen LogP contribution in [0, 0.1) is 17.3 Å². The van der Waals surface area contributed by atoms with Crippen LogP contribution in [-0.2, 0) is 11.2 Å². The van der Waals surface area contributed by atoms with E-state index < -0.39 is 0 Å². The van der Waals surface area contributed by atoms with Gasteiger partial charge in [0.1, 0.15) is 17.3 Å². The monoisotopic (exact) mass is 348 g/mol. The lowest BCUT2D eigenvalue weighted by Gasteiger charge is -2.08. The van der Waals surface area contributed by atoms with Crippen molar-refractivity contribution in [2.24, 2.45) is 17.3 Å². The van der Waals surface area contributed by atoms with Gasteiger partial charge in [0.2, 0.25) is 0 Å². The minimum atomic E-state index is 0.104. The van der Waals surface area contributed by atoms with Crippen molar-refractivity contribution in [2.45, 2.75) is 40.5 Å². The number of ketones is 1. The van der Waals surface area contributed by atoms with Crippen LogP contribution in [0.3, 0.4) is 0 Å². The first kappa shape index (κ1) is 18.4. The summed E-state index contributed by atoms with van der Waals surface area (Å²) in [6, 6.07) is 17.8. The lowest BCUT2D eigenvalue weighted by molar-refractivity contribution is -0.121. The fourth-order valence-electron chi connectivity index (χ4n) is 3.78. The van der Waals surface area contributed by atoms with Gasteiger partial charge in [-0.3, -0.25) is 4.79 Å². The van der Waals surface area contributed by atoms with Crippen LogP contribution in [0.4, 0.5) is 0 Å². The molecule has 0 spiro atoms. The van der Waals surface area contributed by atoms with E-state index in [4.69, 9.17) is 4.74 Å². The second kappa shape index (κ2) is 7.49. The van der Waals surface area contributed by atoms with Gasteiger partial charge in [0.05, 0.1) is 0 Å². The molecule has 1 saturated carbocycles. The fraction of sp³-hybridized carbons (Fsp3) is 0.375. The molecule has 0 amide bonds. The number of para-hydroxylation sites is 1. The lowest BCUT2D eigenvalue weighted by atomic mass is 10.0. The zero-order valence-electron chi connectivity index (χ0n) is 16.2. The van der Waals surface area contributed by atoms with E-state index in [1.54, 1.807) is 0 Å². The van der Waals surface area contributed by atoms with Crippen LogP contribution in [0.25, 0.3) is 0 Å². The van der Waals surface area contributed by atoms with E-state index in [0.29, 0.717) is 18.1 Å². The first-order chi connectivity index (χ1) is 12.4. The molecule has 1 aliphatic rings. The Labute approximate surface area is 156 Å². The van der Waals surface area contributed by atoms with Gasteiger partial charge in [0.15, 0.2) is 0 Å². The lowest BCUT2D eigenvalue weighted by Crippen LogP contribution is -2.07. The molecule has 2 nitrogen and oxygen atoms in total. The Balaban J connectivity index is 1.59. The summed E-state index contributed by atoms with van der Waals surface area (Å²) in [6.07, 6.45) is 3.62. The number of benzene rings is 2. The second-order valence-electron chi connectivity index (χ2n) is 8.10. The molecule has 0 aromatic heterocycles. The molecular formula is C24H28O2. The minimum absolute atomic E-state index is 0.104. The Bertz CT molecular complexity index is 798. The predicted octanol–water partition coefficient (Wildman–Crippen LogP) is 6.22. The quantitative estimate of drug-likeness (QED) is 0.555. The highest BCUT2D eigenvalue weighted by molar-refractivity contribution is 5.86. The highest BCUT2D eigenvalue weighted by Crippen LogP contribution is 2.60. The Morgan fingerprint density at radius 2 is 1.73 bits per heavy atom. The maximum Gasteiger partial charge on any atom is 0.137 e. The van der Waals surface area contributed by atoms with E-state index >= 15 is 0 Å². The van der Waals surface area contributed by atoms with Gasteiger partial charge in [-0.1, -0.05) is 55.8 Å². The van der Waals surface area contributed by atoms with Crippen LogP contribution >= 0.6 is 0 Å². The van der Waals surface area contributed by atoms with E-state index in [0.717, 1.165) is 23.5 Å². The summed E-state index contributed by atoms with van der Waals surface area (Å²) in [5, 5.41) is 0. The van der Waals surface area contributed by atoms with Crippen LogP contribution in [0.1, 0.15) is 39.7 Å². The summed E-state index contributed by atoms with van der Waals surface area (Å²) in [5.41, 5.74) is 2.54. The highest BCUT2D eigenvalue weighted by Gasteiger charge is 2.59. The number of hydrogen-bond donors (Lipinski definition) is 0. The predicted molar refractivity (Wildman–Crippen MR) is 106 cm³/mol. The van der Waals surface area contributed by atoms with Crippen molar-refractivity contribution >= 4 is 5.78 Å². The summed E-state index contributed by atoms with van der Waals surface area (Å²) in [7, 11) is 0. The van der Waals surface area contributed by atoms with Crippen molar-refractivity contribution in [3.63, 3.8) is 0 Å². The molecule has 0 N–H and O–H groups in total. The summed E-state index contributed by atoms with van der Waals surface area (Å²) >= 11 is 0. The molecule has 0 unspecified atom stereocenters. The topological polar surface area (TPSA) is 26.3 Å². The molecule has 0 aliphatic heterocycles. The molecule has 0 bridgehead atoms. The number of carbonyl (C=O) groups excluding carboxylic acids is 1. The van der Waals surface area contributed by atoms with Gasteiger partial charge >= 0.3 is 0 Å². The van der Waals surface area contributed by atoms with Crippen molar-refractivity contribution in [3.8, 4) is 11.5 Å². The maximum atomic E-state index is 12.7. The van der Waals surface area contributed by atoms with E-state index in [-0.39, 0.29) is 11.3 Å². The number of hydrogen-bond acceptors (Lipinski definition) is 2. The van der Waals surface area contributed by atoms with Gasteiger partial charge < -0.3 is 4.74 Å². The third-order valence-corrected chi connectivity index (χ3v) is 5.31. The van der Waals surface area contributed by atoms with Crippen molar-refractivity contribution in [1.29, 1.82) is 0 Å². The van der Waals surface area contributed by atoms with Crippen molar-refractivity contribution in [2.75, 3.05) is 0 Å². The number of ether oxygens (including phenoxy) is 1. The average Bonchev–Trinajstić information content (AvgIpc) is 3.13. The van der Waals surface area contributed by atoms with Crippen molar-refractivity contribution in [1.82, 2.24) is 0 Å². The fourth-order valence-corrected chi connectivity index (χ4v) is 3.78. The van der Waals surface area contributed by atoms with Crippen LogP contribution in [0.2, 0.25) is 0 Å². The highest BCUT2D eigenvalue weighted by atomic mass is 16.5. The molecule has 2 heteroatoms. The Hall–Kier alpha value is -2.35. The van der Waals surface area contributed by atoms with Crippen LogP contribution in [0.5, 0.6) is 11.5 Å². The molecule has 1 fully saturated rings. The van der Waals surface area contributed by atoms with Crippen molar-refractivity contribution in [3.05, 3.63) is 71.8 Å². The van der Waals surface area contributed by atoms with Crippen LogP contribution < -0.4 is 4.74 Å². The van der Waals surface area contributed by atoms with Gasteiger partial charge in [-0.25, -0.2) is 0 Å². The summed E-state index contributed by atoms with van der Waals surface area (Å²) in [4.78, 5) is 12.7. The van der Waals surface area contributed by atoms with Gasteiger partial charge in [-0.2, -0.15) is 0 Å². The summed E-state index contributed by atoms with van der Waals surface area (Å²) < 4.78 is 5.89. The number of Topliss-reactive ketones (excluding diaryl/α,β-unsaturated/α-hetero) is 1. The number of carbonyl (C=O) groups is 1. The molecular weight excluding hydrogens is 320 g/mol. The molecule has 2 atom stereocenters. The number of rotatable bonds is 7. The zero-order valence-corrected chi connectivity index (χ0v) is 16.2. The number of allylic oxidation sites excluding steroid dienone is 2. The molecule has 0 radical (unpaired) electrons. The molecule has 136 valence electrons. The molecule has 0 saturated heterocycles. The molecule has 26 heavy (non-hydrogen) atoms. The second-order valence-corrected chi connectivity index (χ2v) is 8.10. The van der Waals surface area contributed by atoms with Crippen LogP contribution in [0.15, 0.2) is 66.2 Å².